The Balaban J connectivity index is 1.95. The Morgan fingerprint density at radius 2 is 2.07 bits per heavy atom. The molecule has 0 unspecified atom stereocenters. The lowest BCUT2D eigenvalue weighted by Crippen LogP contribution is -2.30. The Hall–Kier alpha value is -1.01. The summed E-state index contributed by atoms with van der Waals surface area (Å²) in [5.74, 6) is 2.89. The molecular formula is C12H20N2O. The fraction of sp³-hybridized carbons (Fsp3) is 0.750. The summed E-state index contributed by atoms with van der Waals surface area (Å²) in [6.07, 6.45) is 9.90. The second kappa shape index (κ2) is 7.30. The zero-order chi connectivity index (χ0) is 10.9. The van der Waals surface area contributed by atoms with Crippen LogP contribution in [0.3, 0.4) is 0 Å². The molecule has 0 aromatic carbocycles. The molecule has 1 aliphatic heterocycles. The number of nitrogens with one attached hydrogen (secondary N) is 1. The summed E-state index contributed by atoms with van der Waals surface area (Å²) in [6, 6.07) is 0. The van der Waals surface area contributed by atoms with E-state index in [1.54, 1.807) is 0 Å². The van der Waals surface area contributed by atoms with Crippen LogP contribution >= 0.6 is 0 Å². The lowest BCUT2D eigenvalue weighted by molar-refractivity contribution is -0.130. The minimum absolute atomic E-state index is 0.289. The summed E-state index contributed by atoms with van der Waals surface area (Å²) in [4.78, 5) is 13.5. The lowest BCUT2D eigenvalue weighted by atomic mass is 10.3. The number of rotatable bonds is 6. The fourth-order valence-corrected chi connectivity index (χ4v) is 1.76. The van der Waals surface area contributed by atoms with Crippen LogP contribution in [0.1, 0.15) is 32.1 Å². The summed E-state index contributed by atoms with van der Waals surface area (Å²) >= 11 is 0. The molecule has 0 atom stereocenters. The molecule has 1 saturated heterocycles. The number of carbonyl (C=O) groups is 1. The maximum absolute atomic E-state index is 11.6. The van der Waals surface area contributed by atoms with Crippen LogP contribution in [0.5, 0.6) is 0 Å². The SMILES string of the molecule is C#CCCCNCCC(=O)N1CCCC1. The van der Waals surface area contributed by atoms with Gasteiger partial charge >= 0.3 is 0 Å². The molecule has 0 aromatic heterocycles. The van der Waals surface area contributed by atoms with Crippen molar-refractivity contribution in [2.75, 3.05) is 26.2 Å². The topological polar surface area (TPSA) is 32.3 Å². The van der Waals surface area contributed by atoms with Crippen LogP contribution in [-0.2, 0) is 4.79 Å². The molecule has 3 nitrogen and oxygen atoms in total. The van der Waals surface area contributed by atoms with E-state index in [1.165, 1.54) is 12.8 Å². The minimum Gasteiger partial charge on any atom is -0.343 e. The summed E-state index contributed by atoms with van der Waals surface area (Å²) < 4.78 is 0. The van der Waals surface area contributed by atoms with Crippen molar-refractivity contribution < 1.29 is 4.79 Å². The number of terminal acetylenes is 1. The van der Waals surface area contributed by atoms with Crippen LogP contribution in [0.4, 0.5) is 0 Å². The Morgan fingerprint density at radius 3 is 2.73 bits per heavy atom. The quantitative estimate of drug-likeness (QED) is 0.522. The van der Waals surface area contributed by atoms with Gasteiger partial charge in [0.25, 0.3) is 0 Å². The first-order valence-corrected chi connectivity index (χ1v) is 5.76. The fourth-order valence-electron chi connectivity index (χ4n) is 1.76. The standard InChI is InChI=1S/C12H20N2O/c1-2-3-4-8-13-9-7-12(15)14-10-5-6-11-14/h1,13H,3-11H2. The highest BCUT2D eigenvalue weighted by atomic mass is 16.2. The van der Waals surface area contributed by atoms with E-state index in [0.717, 1.165) is 39.0 Å². The Bertz CT molecular complexity index is 226. The molecule has 1 heterocycles. The first-order chi connectivity index (χ1) is 7.34. The van der Waals surface area contributed by atoms with Gasteiger partial charge in [-0.25, -0.2) is 0 Å². The minimum atomic E-state index is 0.289. The van der Waals surface area contributed by atoms with Gasteiger partial charge in [0.05, 0.1) is 0 Å². The molecule has 0 aromatic rings. The number of nitrogens with zero attached hydrogens (tertiary/aromatic N) is 1. The zero-order valence-corrected chi connectivity index (χ0v) is 9.30. The van der Waals surface area contributed by atoms with Gasteiger partial charge in [-0.05, 0) is 25.8 Å². The van der Waals surface area contributed by atoms with Gasteiger partial charge in [0.15, 0.2) is 0 Å². The zero-order valence-electron chi connectivity index (χ0n) is 9.30. The average molecular weight is 208 g/mol. The first-order valence-electron chi connectivity index (χ1n) is 5.76. The number of likely N-dealkylation sites (tertiary alicyclic amines) is 1. The highest BCUT2D eigenvalue weighted by Crippen LogP contribution is 2.08. The maximum Gasteiger partial charge on any atom is 0.223 e. The molecule has 1 fully saturated rings. The third-order valence-corrected chi connectivity index (χ3v) is 2.65. The van der Waals surface area contributed by atoms with Gasteiger partial charge in [0, 0.05) is 32.5 Å². The summed E-state index contributed by atoms with van der Waals surface area (Å²) in [5, 5.41) is 3.23. The summed E-state index contributed by atoms with van der Waals surface area (Å²) in [7, 11) is 0. The first kappa shape index (κ1) is 12.1. The van der Waals surface area contributed by atoms with Crippen molar-refractivity contribution in [3.8, 4) is 12.3 Å². The van der Waals surface area contributed by atoms with Crippen molar-refractivity contribution in [3.63, 3.8) is 0 Å². The third-order valence-electron chi connectivity index (χ3n) is 2.65. The van der Waals surface area contributed by atoms with E-state index in [-0.39, 0.29) is 5.91 Å². The molecule has 0 spiro atoms. The molecule has 3 heteroatoms. The smallest absolute Gasteiger partial charge is 0.223 e. The molecule has 84 valence electrons. The van der Waals surface area contributed by atoms with Gasteiger partial charge in [-0.15, -0.1) is 12.3 Å². The maximum atomic E-state index is 11.6. The van der Waals surface area contributed by atoms with Crippen molar-refractivity contribution in [1.82, 2.24) is 10.2 Å². The lowest BCUT2D eigenvalue weighted by Gasteiger charge is -2.14. The van der Waals surface area contributed by atoms with Gasteiger partial charge in [0.2, 0.25) is 5.91 Å². The molecule has 1 amide bonds. The number of hydrogen-bond acceptors (Lipinski definition) is 2. The normalized spacial score (nSPS) is 15.3. The van der Waals surface area contributed by atoms with Gasteiger partial charge in [0.1, 0.15) is 0 Å². The largest absolute Gasteiger partial charge is 0.343 e. The van der Waals surface area contributed by atoms with Gasteiger partial charge < -0.3 is 10.2 Å². The highest BCUT2D eigenvalue weighted by Gasteiger charge is 2.16. The van der Waals surface area contributed by atoms with Crippen LogP contribution < -0.4 is 5.32 Å². The van der Waals surface area contributed by atoms with Crippen molar-refractivity contribution in [2.45, 2.75) is 32.1 Å². The third kappa shape index (κ3) is 4.85. The molecule has 1 N–H and O–H groups in total. The predicted octanol–water partition coefficient (Wildman–Crippen LogP) is 1.00. The van der Waals surface area contributed by atoms with Crippen molar-refractivity contribution >= 4 is 5.91 Å². The number of carbonyl (C=O) groups excluding carboxylic acids is 1. The van der Waals surface area contributed by atoms with E-state index in [9.17, 15) is 4.79 Å². The van der Waals surface area contributed by atoms with E-state index in [1.807, 2.05) is 4.90 Å². The van der Waals surface area contributed by atoms with Gasteiger partial charge in [-0.3, -0.25) is 4.79 Å². The monoisotopic (exact) mass is 208 g/mol. The van der Waals surface area contributed by atoms with Gasteiger partial charge in [-0.2, -0.15) is 0 Å². The number of unbranched alkanes of at least 4 members (excludes halogenated alkanes) is 1. The average Bonchev–Trinajstić information content (AvgIpc) is 2.76. The van der Waals surface area contributed by atoms with Crippen molar-refractivity contribution in [1.29, 1.82) is 0 Å². The Morgan fingerprint density at radius 1 is 1.33 bits per heavy atom. The Labute approximate surface area is 92.2 Å². The van der Waals surface area contributed by atoms with Crippen LogP contribution in [0.25, 0.3) is 0 Å². The molecule has 0 aliphatic carbocycles. The summed E-state index contributed by atoms with van der Waals surface area (Å²) in [5.41, 5.74) is 0. The molecule has 15 heavy (non-hydrogen) atoms. The molecular weight excluding hydrogens is 188 g/mol. The van der Waals surface area contributed by atoms with E-state index in [4.69, 9.17) is 6.42 Å². The van der Waals surface area contributed by atoms with Crippen LogP contribution in [0.15, 0.2) is 0 Å². The Kier molecular flexibility index (Phi) is 5.87. The van der Waals surface area contributed by atoms with Crippen LogP contribution in [-0.4, -0.2) is 37.0 Å². The van der Waals surface area contributed by atoms with Crippen molar-refractivity contribution in [3.05, 3.63) is 0 Å². The van der Waals surface area contributed by atoms with E-state index < -0.39 is 0 Å². The van der Waals surface area contributed by atoms with Crippen LogP contribution in [0.2, 0.25) is 0 Å². The van der Waals surface area contributed by atoms with Crippen molar-refractivity contribution in [2.24, 2.45) is 0 Å². The summed E-state index contributed by atoms with van der Waals surface area (Å²) in [6.45, 7) is 3.60. The molecule has 0 bridgehead atoms. The molecule has 1 aliphatic rings. The van der Waals surface area contributed by atoms with E-state index in [0.29, 0.717) is 6.42 Å². The van der Waals surface area contributed by atoms with E-state index >= 15 is 0 Å². The molecule has 0 saturated carbocycles. The second-order valence-electron chi connectivity index (χ2n) is 3.90. The number of hydrogen-bond donors (Lipinski definition) is 1. The second-order valence-corrected chi connectivity index (χ2v) is 3.90. The van der Waals surface area contributed by atoms with E-state index in [2.05, 4.69) is 11.2 Å². The highest BCUT2D eigenvalue weighted by molar-refractivity contribution is 5.76. The van der Waals surface area contributed by atoms with Crippen LogP contribution in [0, 0.1) is 12.3 Å². The predicted molar refractivity (Wildman–Crippen MR) is 61.4 cm³/mol. The molecule has 1 rings (SSSR count). The number of amides is 1. The molecule has 0 radical (unpaired) electrons. The van der Waals surface area contributed by atoms with Gasteiger partial charge in [-0.1, -0.05) is 0 Å².